The van der Waals surface area contributed by atoms with Gasteiger partial charge in [0.1, 0.15) is 7.85 Å². The molecule has 0 bridgehead atoms. The minimum Gasteiger partial charge on any atom is -0.0618 e. The lowest BCUT2D eigenvalue weighted by atomic mass is 9.96. The molecule has 0 amide bonds. The Balaban J connectivity index is 2.94. The van der Waals surface area contributed by atoms with E-state index < -0.39 is 0 Å². The first-order valence-corrected chi connectivity index (χ1v) is 3.38. The van der Waals surface area contributed by atoms with Crippen LogP contribution >= 0.6 is 0 Å². The highest BCUT2D eigenvalue weighted by molar-refractivity contribution is 6.08. The Labute approximate surface area is 57.3 Å². The van der Waals surface area contributed by atoms with Crippen molar-refractivity contribution in [3.63, 3.8) is 0 Å². The van der Waals surface area contributed by atoms with Crippen LogP contribution in [0.2, 0.25) is 0 Å². The van der Waals surface area contributed by atoms with Crippen molar-refractivity contribution in [1.29, 1.82) is 0 Å². The average molecular weight is 118 g/mol. The molecule has 0 aliphatic carbocycles. The molecule has 46 valence electrons. The van der Waals surface area contributed by atoms with Gasteiger partial charge in [0.05, 0.1) is 0 Å². The second-order valence-electron chi connectivity index (χ2n) is 2.34. The largest absolute Gasteiger partial charge is 0.107 e. The van der Waals surface area contributed by atoms with Crippen LogP contribution in [0.5, 0.6) is 0 Å². The van der Waals surface area contributed by atoms with Crippen molar-refractivity contribution in [2.24, 2.45) is 0 Å². The molecule has 0 fully saturated rings. The highest BCUT2D eigenvalue weighted by Crippen LogP contribution is 2.02. The number of hydrogen-bond acceptors (Lipinski definition) is 0. The van der Waals surface area contributed by atoms with Crippen LogP contribution < -0.4 is 0 Å². The topological polar surface area (TPSA) is 0 Å². The molecular weight excluding hydrogens is 107 g/mol. The SMILES string of the molecule is BCc1cccc(C)c1. The molecule has 0 unspecified atom stereocenters. The third kappa shape index (κ3) is 1.60. The van der Waals surface area contributed by atoms with E-state index in [1.807, 2.05) is 0 Å². The van der Waals surface area contributed by atoms with Crippen LogP contribution in [0.4, 0.5) is 0 Å². The molecule has 0 aromatic heterocycles. The Hall–Kier alpha value is -0.715. The van der Waals surface area contributed by atoms with Gasteiger partial charge in [0.25, 0.3) is 0 Å². The maximum atomic E-state index is 2.22. The maximum Gasteiger partial charge on any atom is 0.107 e. The lowest BCUT2D eigenvalue weighted by Crippen LogP contribution is -1.82. The van der Waals surface area contributed by atoms with Gasteiger partial charge in [-0.2, -0.15) is 0 Å². The fourth-order valence-corrected chi connectivity index (χ4v) is 0.932. The first-order chi connectivity index (χ1) is 4.33. The zero-order valence-electron chi connectivity index (χ0n) is 6.02. The van der Waals surface area contributed by atoms with Gasteiger partial charge in [-0.15, -0.1) is 0 Å². The minimum absolute atomic E-state index is 1.14. The summed E-state index contributed by atoms with van der Waals surface area (Å²) in [5, 5.41) is 0. The Kier molecular flexibility index (Phi) is 1.94. The molecule has 1 rings (SSSR count). The fraction of sp³-hybridized carbons (Fsp3) is 0.250. The van der Waals surface area contributed by atoms with Gasteiger partial charge < -0.3 is 0 Å². The monoisotopic (exact) mass is 118 g/mol. The van der Waals surface area contributed by atoms with Gasteiger partial charge in [-0.1, -0.05) is 41.7 Å². The predicted molar refractivity (Wildman–Crippen MR) is 43.4 cm³/mol. The molecule has 0 heterocycles. The quantitative estimate of drug-likeness (QED) is 0.485. The summed E-state index contributed by atoms with van der Waals surface area (Å²) < 4.78 is 0. The lowest BCUT2D eigenvalue weighted by Gasteiger charge is -1.95. The highest BCUT2D eigenvalue weighted by Gasteiger charge is 1.85. The third-order valence-electron chi connectivity index (χ3n) is 1.49. The van der Waals surface area contributed by atoms with Gasteiger partial charge >= 0.3 is 0 Å². The van der Waals surface area contributed by atoms with E-state index in [1.54, 1.807) is 0 Å². The summed E-state index contributed by atoms with van der Waals surface area (Å²) >= 11 is 0. The van der Waals surface area contributed by atoms with E-state index in [1.165, 1.54) is 11.1 Å². The fourth-order valence-electron chi connectivity index (χ4n) is 0.932. The van der Waals surface area contributed by atoms with Crippen molar-refractivity contribution in [3.8, 4) is 0 Å². The summed E-state index contributed by atoms with van der Waals surface area (Å²) in [5.74, 6) is 0. The predicted octanol–water partition coefficient (Wildman–Crippen LogP) is 1.13. The summed E-state index contributed by atoms with van der Waals surface area (Å²) in [6.45, 7) is 2.12. The van der Waals surface area contributed by atoms with Gasteiger partial charge in [0, 0.05) is 0 Å². The summed E-state index contributed by atoms with van der Waals surface area (Å²) in [7, 11) is 2.18. The summed E-state index contributed by atoms with van der Waals surface area (Å²) in [6, 6.07) is 8.61. The molecule has 1 aromatic carbocycles. The summed E-state index contributed by atoms with van der Waals surface area (Å²) in [6.07, 6.45) is 1.14. The molecule has 0 N–H and O–H groups in total. The van der Waals surface area contributed by atoms with Crippen LogP contribution in [-0.4, -0.2) is 7.85 Å². The van der Waals surface area contributed by atoms with E-state index in [2.05, 4.69) is 39.0 Å². The average Bonchev–Trinajstić information content (AvgIpc) is 1.88. The second-order valence-corrected chi connectivity index (χ2v) is 2.34. The minimum atomic E-state index is 1.14. The molecule has 1 heteroatoms. The smallest absolute Gasteiger partial charge is 0.0618 e. The molecular formula is C8H11B. The summed E-state index contributed by atoms with van der Waals surface area (Å²) in [5.41, 5.74) is 2.78. The standard InChI is InChI=1S/C8H11B/c1-7-3-2-4-8(5-7)6-9/h2-5H,6,9H2,1H3. The van der Waals surface area contributed by atoms with Gasteiger partial charge in [-0.3, -0.25) is 0 Å². The molecule has 0 saturated heterocycles. The Morgan fingerprint density at radius 3 is 2.67 bits per heavy atom. The lowest BCUT2D eigenvalue weighted by molar-refractivity contribution is 1.35. The van der Waals surface area contributed by atoms with Crippen LogP contribution in [0.1, 0.15) is 11.1 Å². The van der Waals surface area contributed by atoms with E-state index in [9.17, 15) is 0 Å². The molecule has 0 saturated carbocycles. The van der Waals surface area contributed by atoms with Gasteiger partial charge in [0.15, 0.2) is 0 Å². The van der Waals surface area contributed by atoms with Crippen molar-refractivity contribution in [2.75, 3.05) is 0 Å². The molecule has 9 heavy (non-hydrogen) atoms. The zero-order chi connectivity index (χ0) is 6.69. The number of aryl methyl sites for hydroxylation is 1. The van der Waals surface area contributed by atoms with Crippen LogP contribution in [0.15, 0.2) is 24.3 Å². The maximum absolute atomic E-state index is 2.22. The Morgan fingerprint density at radius 2 is 2.22 bits per heavy atom. The number of hydrogen-bond donors (Lipinski definition) is 0. The molecule has 0 atom stereocenters. The third-order valence-corrected chi connectivity index (χ3v) is 1.49. The molecule has 1 aromatic rings. The first kappa shape index (κ1) is 6.41. The molecule has 0 spiro atoms. The first-order valence-electron chi connectivity index (χ1n) is 3.38. The zero-order valence-corrected chi connectivity index (χ0v) is 6.02. The van der Waals surface area contributed by atoms with Crippen LogP contribution in [0.25, 0.3) is 0 Å². The van der Waals surface area contributed by atoms with Gasteiger partial charge in [0.2, 0.25) is 0 Å². The Bertz CT molecular complexity index is 194. The molecule has 0 aliphatic heterocycles. The molecule has 0 aliphatic rings. The normalized spacial score (nSPS) is 9.44. The van der Waals surface area contributed by atoms with Crippen LogP contribution in [0.3, 0.4) is 0 Å². The van der Waals surface area contributed by atoms with Crippen molar-refractivity contribution in [2.45, 2.75) is 13.2 Å². The van der Waals surface area contributed by atoms with Gasteiger partial charge in [-0.05, 0) is 6.92 Å². The van der Waals surface area contributed by atoms with Crippen molar-refractivity contribution in [3.05, 3.63) is 35.4 Å². The Morgan fingerprint density at radius 1 is 1.44 bits per heavy atom. The number of benzene rings is 1. The van der Waals surface area contributed by atoms with Crippen LogP contribution in [-0.2, 0) is 6.32 Å². The molecule has 0 radical (unpaired) electrons. The van der Waals surface area contributed by atoms with E-state index >= 15 is 0 Å². The van der Waals surface area contributed by atoms with E-state index in [0.29, 0.717) is 0 Å². The molecule has 0 nitrogen and oxygen atoms in total. The van der Waals surface area contributed by atoms with Gasteiger partial charge in [-0.25, -0.2) is 0 Å². The van der Waals surface area contributed by atoms with E-state index in [0.717, 1.165) is 6.32 Å². The van der Waals surface area contributed by atoms with E-state index in [-0.39, 0.29) is 0 Å². The second kappa shape index (κ2) is 2.72. The number of rotatable bonds is 1. The van der Waals surface area contributed by atoms with Crippen molar-refractivity contribution < 1.29 is 0 Å². The summed E-state index contributed by atoms with van der Waals surface area (Å²) in [4.78, 5) is 0. The van der Waals surface area contributed by atoms with E-state index in [4.69, 9.17) is 0 Å². The highest BCUT2D eigenvalue weighted by atomic mass is 13.9. The van der Waals surface area contributed by atoms with Crippen LogP contribution in [0, 0.1) is 6.92 Å². The van der Waals surface area contributed by atoms with Crippen molar-refractivity contribution in [1.82, 2.24) is 0 Å². The van der Waals surface area contributed by atoms with Crippen molar-refractivity contribution >= 4 is 7.85 Å².